The normalized spacial score (nSPS) is 10.1. The molecule has 0 N–H and O–H groups in total. The van der Waals surface area contributed by atoms with E-state index in [4.69, 9.17) is 9.47 Å². The van der Waals surface area contributed by atoms with Crippen LogP contribution >= 0.6 is 0 Å². The summed E-state index contributed by atoms with van der Waals surface area (Å²) in [7, 11) is 0. The predicted octanol–water partition coefficient (Wildman–Crippen LogP) is 1.94. The molecule has 0 aromatic carbocycles. The van der Waals surface area contributed by atoms with E-state index < -0.39 is 12.2 Å². The van der Waals surface area contributed by atoms with Gasteiger partial charge in [0, 0.05) is 24.3 Å². The quantitative estimate of drug-likeness (QED) is 0.813. The van der Waals surface area contributed by atoms with Crippen LogP contribution in [0.2, 0.25) is 0 Å². The van der Waals surface area contributed by atoms with Crippen molar-refractivity contribution in [2.24, 2.45) is 0 Å². The Morgan fingerprint density at radius 3 is 1.36 bits per heavy atom. The maximum atomic E-state index is 11.6. The number of carbonyl (C=O) groups excluding carboxylic acids is 2. The minimum Gasteiger partial charge on any atom is -0.412 e. The molecule has 0 aliphatic rings. The van der Waals surface area contributed by atoms with E-state index in [1.165, 1.54) is 9.13 Å². The van der Waals surface area contributed by atoms with Crippen LogP contribution in [0.1, 0.15) is 13.8 Å². The molecular weight excluding hydrogens is 284 g/mol. The molecule has 0 saturated heterocycles. The molecule has 0 bridgehead atoms. The molecular formula is C16H18N2O4+2. The summed E-state index contributed by atoms with van der Waals surface area (Å²) in [5, 5.41) is 0. The second kappa shape index (κ2) is 7.31. The molecule has 0 saturated carbocycles. The van der Waals surface area contributed by atoms with Gasteiger partial charge in [0.15, 0.2) is 24.8 Å². The van der Waals surface area contributed by atoms with Crippen molar-refractivity contribution < 1.29 is 28.2 Å². The number of pyridine rings is 2. The molecule has 0 aliphatic carbocycles. The van der Waals surface area contributed by atoms with Crippen molar-refractivity contribution in [2.75, 3.05) is 13.2 Å². The standard InChI is InChI=1S/C16H18N2O4/c1-3-21-15(19)17-9-5-13(6-10-17)14-7-11-18(12-8-14)16(20)22-4-2/h5-12H,3-4H2,1-2H3/q+2. The third kappa shape index (κ3) is 3.66. The molecule has 0 atom stereocenters. The predicted molar refractivity (Wildman–Crippen MR) is 77.1 cm³/mol. The molecule has 0 unspecified atom stereocenters. The van der Waals surface area contributed by atoms with Gasteiger partial charge >= 0.3 is 12.2 Å². The fraction of sp³-hybridized carbons (Fsp3) is 0.250. The number of nitrogens with zero attached hydrogens (tertiary/aromatic N) is 2. The molecule has 6 nitrogen and oxygen atoms in total. The van der Waals surface area contributed by atoms with Crippen molar-refractivity contribution >= 4 is 12.2 Å². The Labute approximate surface area is 128 Å². The molecule has 0 amide bonds. The first kappa shape index (κ1) is 15.6. The fourth-order valence-electron chi connectivity index (χ4n) is 1.88. The molecule has 0 fully saturated rings. The van der Waals surface area contributed by atoms with Gasteiger partial charge in [0.2, 0.25) is 0 Å². The van der Waals surface area contributed by atoms with Crippen molar-refractivity contribution in [3.63, 3.8) is 0 Å². The SMILES string of the molecule is CCOC(=O)[n+]1ccc(-c2cc[n+](C(=O)OCC)cc2)cc1. The lowest BCUT2D eigenvalue weighted by atomic mass is 10.1. The van der Waals surface area contributed by atoms with Crippen LogP contribution in [0.3, 0.4) is 0 Å². The lowest BCUT2D eigenvalue weighted by Crippen LogP contribution is -2.42. The zero-order valence-corrected chi connectivity index (χ0v) is 12.6. The maximum Gasteiger partial charge on any atom is 0.601 e. The highest BCUT2D eigenvalue weighted by Crippen LogP contribution is 2.15. The van der Waals surface area contributed by atoms with E-state index in [0.29, 0.717) is 13.2 Å². The number of hydrogen-bond donors (Lipinski definition) is 0. The van der Waals surface area contributed by atoms with Gasteiger partial charge in [-0.05, 0) is 25.0 Å². The molecule has 2 heterocycles. The van der Waals surface area contributed by atoms with Crippen LogP contribution in [0, 0.1) is 0 Å². The Morgan fingerprint density at radius 1 is 0.773 bits per heavy atom. The summed E-state index contributed by atoms with van der Waals surface area (Å²) in [6, 6.07) is 7.23. The van der Waals surface area contributed by atoms with Crippen LogP contribution in [0.25, 0.3) is 11.1 Å². The summed E-state index contributed by atoms with van der Waals surface area (Å²) in [4.78, 5) is 23.1. The Hall–Kier alpha value is -2.76. The average Bonchev–Trinajstić information content (AvgIpc) is 2.55. The third-order valence-corrected chi connectivity index (χ3v) is 2.95. The van der Waals surface area contributed by atoms with Gasteiger partial charge in [0.1, 0.15) is 0 Å². The van der Waals surface area contributed by atoms with Gasteiger partial charge in [-0.1, -0.05) is 9.13 Å². The summed E-state index contributed by atoms with van der Waals surface area (Å²) in [5.74, 6) is 0. The smallest absolute Gasteiger partial charge is 0.412 e. The second-order valence-corrected chi connectivity index (χ2v) is 4.39. The summed E-state index contributed by atoms with van der Waals surface area (Å²) in [6.07, 6.45) is 5.73. The van der Waals surface area contributed by atoms with Crippen molar-refractivity contribution in [1.29, 1.82) is 0 Å². The number of rotatable bonds is 3. The molecule has 2 aromatic heterocycles. The molecule has 22 heavy (non-hydrogen) atoms. The van der Waals surface area contributed by atoms with E-state index in [1.807, 2.05) is 0 Å². The van der Waals surface area contributed by atoms with Gasteiger partial charge in [-0.3, -0.25) is 0 Å². The number of ether oxygens (including phenoxy) is 2. The van der Waals surface area contributed by atoms with Gasteiger partial charge in [0.25, 0.3) is 0 Å². The average molecular weight is 302 g/mol. The minimum atomic E-state index is -0.415. The zero-order chi connectivity index (χ0) is 15.9. The first-order valence-electron chi connectivity index (χ1n) is 7.03. The fourth-order valence-corrected chi connectivity index (χ4v) is 1.88. The van der Waals surface area contributed by atoms with E-state index in [-0.39, 0.29) is 0 Å². The van der Waals surface area contributed by atoms with Crippen molar-refractivity contribution in [1.82, 2.24) is 0 Å². The van der Waals surface area contributed by atoms with Gasteiger partial charge in [-0.2, -0.15) is 9.59 Å². The zero-order valence-electron chi connectivity index (χ0n) is 12.6. The van der Waals surface area contributed by atoms with Crippen LogP contribution < -0.4 is 9.13 Å². The number of hydrogen-bond acceptors (Lipinski definition) is 4. The molecule has 114 valence electrons. The minimum absolute atomic E-state index is 0.333. The maximum absolute atomic E-state index is 11.6. The van der Waals surface area contributed by atoms with Gasteiger partial charge in [0.05, 0.1) is 13.2 Å². The number of aromatic nitrogens is 2. The highest BCUT2D eigenvalue weighted by molar-refractivity contribution is 5.63. The van der Waals surface area contributed by atoms with Crippen molar-refractivity contribution in [3.8, 4) is 11.1 Å². The highest BCUT2D eigenvalue weighted by atomic mass is 16.6. The molecule has 0 radical (unpaired) electrons. The van der Waals surface area contributed by atoms with Gasteiger partial charge in [-0.15, -0.1) is 0 Å². The first-order chi connectivity index (χ1) is 10.7. The largest absolute Gasteiger partial charge is 0.601 e. The van der Waals surface area contributed by atoms with Crippen molar-refractivity contribution in [2.45, 2.75) is 13.8 Å². The Bertz CT molecular complexity index is 591. The van der Waals surface area contributed by atoms with Crippen LogP contribution in [0.15, 0.2) is 49.1 Å². The van der Waals surface area contributed by atoms with Gasteiger partial charge in [-0.25, -0.2) is 0 Å². The lowest BCUT2D eigenvalue weighted by Gasteiger charge is -2.00. The number of carbonyl (C=O) groups is 2. The Balaban J connectivity index is 2.15. The van der Waals surface area contributed by atoms with E-state index in [9.17, 15) is 9.59 Å². The summed E-state index contributed by atoms with van der Waals surface area (Å²) in [6.45, 7) is 4.19. The van der Waals surface area contributed by atoms with Gasteiger partial charge < -0.3 is 9.47 Å². The monoisotopic (exact) mass is 302 g/mol. The van der Waals surface area contributed by atoms with Crippen LogP contribution in [-0.4, -0.2) is 25.4 Å². The van der Waals surface area contributed by atoms with E-state index in [2.05, 4.69) is 0 Å². The van der Waals surface area contributed by atoms with Crippen LogP contribution in [0.5, 0.6) is 0 Å². The lowest BCUT2D eigenvalue weighted by molar-refractivity contribution is -0.586. The molecule has 0 aliphatic heterocycles. The Kier molecular flexibility index (Phi) is 5.19. The molecule has 2 aromatic rings. The summed E-state index contributed by atoms with van der Waals surface area (Å²) in [5.41, 5.74) is 1.85. The summed E-state index contributed by atoms with van der Waals surface area (Å²) < 4.78 is 12.6. The third-order valence-electron chi connectivity index (χ3n) is 2.95. The molecule has 2 rings (SSSR count). The van der Waals surface area contributed by atoms with Crippen LogP contribution in [-0.2, 0) is 9.47 Å². The van der Waals surface area contributed by atoms with Crippen molar-refractivity contribution in [3.05, 3.63) is 49.1 Å². The molecule has 6 heteroatoms. The first-order valence-corrected chi connectivity index (χ1v) is 7.03. The van der Waals surface area contributed by atoms with E-state index >= 15 is 0 Å². The highest BCUT2D eigenvalue weighted by Gasteiger charge is 2.17. The van der Waals surface area contributed by atoms with E-state index in [1.54, 1.807) is 62.9 Å². The van der Waals surface area contributed by atoms with E-state index in [0.717, 1.165) is 11.1 Å². The summed E-state index contributed by atoms with van der Waals surface area (Å²) >= 11 is 0. The molecule has 0 spiro atoms. The Morgan fingerprint density at radius 2 is 1.09 bits per heavy atom. The van der Waals surface area contributed by atoms with Crippen LogP contribution in [0.4, 0.5) is 9.59 Å². The second-order valence-electron chi connectivity index (χ2n) is 4.39. The topological polar surface area (TPSA) is 60.4 Å².